The molecule has 1 heterocycles. The molecule has 176 valence electrons. The third-order valence-corrected chi connectivity index (χ3v) is 5.97. The Hall–Kier alpha value is -3.08. The second-order valence-corrected chi connectivity index (χ2v) is 8.52. The third-order valence-electron chi connectivity index (χ3n) is 5.97. The summed E-state index contributed by atoms with van der Waals surface area (Å²) in [7, 11) is 1.85. The van der Waals surface area contributed by atoms with Crippen LogP contribution >= 0.6 is 0 Å². The van der Waals surface area contributed by atoms with Crippen molar-refractivity contribution in [3.8, 4) is 5.75 Å². The van der Waals surface area contributed by atoms with Crippen molar-refractivity contribution in [2.45, 2.75) is 58.8 Å². The van der Waals surface area contributed by atoms with Crippen LogP contribution in [0.15, 0.2) is 60.3 Å². The van der Waals surface area contributed by atoms with Gasteiger partial charge in [0.05, 0.1) is 12.2 Å². The number of carbonyl (C=O) groups is 2. The molecule has 0 radical (unpaired) electrons. The third kappa shape index (κ3) is 6.04. The molecular formula is C28H36N2O3. The molecule has 0 fully saturated rings. The summed E-state index contributed by atoms with van der Waals surface area (Å²) in [6, 6.07) is 17.2. The minimum Gasteiger partial charge on any atom is -0.494 e. The number of hydrogen-bond acceptors (Lipinski definition) is 4. The molecule has 0 bridgehead atoms. The van der Waals surface area contributed by atoms with E-state index in [2.05, 4.69) is 13.8 Å². The van der Waals surface area contributed by atoms with Gasteiger partial charge in [0.15, 0.2) is 0 Å². The molecule has 5 nitrogen and oxygen atoms in total. The maximum atomic E-state index is 13.5. The predicted molar refractivity (Wildman–Crippen MR) is 134 cm³/mol. The Labute approximate surface area is 198 Å². The van der Waals surface area contributed by atoms with Crippen LogP contribution in [-0.2, 0) is 9.59 Å². The molecular weight excluding hydrogens is 412 g/mol. The first-order valence-electron chi connectivity index (χ1n) is 12.2. The fraction of sp³-hybridized carbons (Fsp3) is 0.429. The Morgan fingerprint density at radius 2 is 1.45 bits per heavy atom. The molecule has 0 N–H and O–H groups in total. The van der Waals surface area contributed by atoms with E-state index in [0.29, 0.717) is 24.4 Å². The number of unbranched alkanes of at least 4 members (excludes halogenated alkanes) is 5. The lowest BCUT2D eigenvalue weighted by atomic mass is 10.0. The van der Waals surface area contributed by atoms with Gasteiger partial charge in [-0.15, -0.1) is 0 Å². The molecule has 5 heteroatoms. The van der Waals surface area contributed by atoms with E-state index in [4.69, 9.17) is 4.74 Å². The second-order valence-electron chi connectivity index (χ2n) is 8.52. The Morgan fingerprint density at radius 1 is 0.788 bits per heavy atom. The number of imide groups is 1. The topological polar surface area (TPSA) is 49.9 Å². The van der Waals surface area contributed by atoms with Crippen molar-refractivity contribution in [3.05, 3.63) is 65.9 Å². The fourth-order valence-electron chi connectivity index (χ4n) is 4.11. The summed E-state index contributed by atoms with van der Waals surface area (Å²) in [6.45, 7) is 5.36. The summed E-state index contributed by atoms with van der Waals surface area (Å²) in [5, 5.41) is 0. The van der Waals surface area contributed by atoms with Gasteiger partial charge in [0.2, 0.25) is 0 Å². The molecule has 1 aliphatic heterocycles. The molecule has 2 amide bonds. The minimum atomic E-state index is -0.221. The zero-order chi connectivity index (χ0) is 23.6. The van der Waals surface area contributed by atoms with Crippen LogP contribution in [-0.4, -0.2) is 36.9 Å². The smallest absolute Gasteiger partial charge is 0.278 e. The summed E-state index contributed by atoms with van der Waals surface area (Å²) in [4.78, 5) is 30.2. The number of para-hydroxylation sites is 1. The molecule has 1 aliphatic rings. The summed E-state index contributed by atoms with van der Waals surface area (Å²) >= 11 is 0. The van der Waals surface area contributed by atoms with E-state index in [1.54, 1.807) is 0 Å². The van der Waals surface area contributed by atoms with E-state index in [0.717, 1.165) is 42.7 Å². The highest BCUT2D eigenvalue weighted by molar-refractivity contribution is 6.36. The minimum absolute atomic E-state index is 0.214. The Kier molecular flexibility index (Phi) is 9.11. The number of amides is 2. The highest BCUT2D eigenvalue weighted by Crippen LogP contribution is 2.34. The van der Waals surface area contributed by atoms with Crippen molar-refractivity contribution >= 4 is 23.1 Å². The predicted octanol–water partition coefficient (Wildman–Crippen LogP) is 6.05. The number of ether oxygens (including phenoxy) is 1. The van der Waals surface area contributed by atoms with E-state index in [1.165, 1.54) is 24.2 Å². The number of carbonyl (C=O) groups excluding carboxylic acids is 2. The van der Waals surface area contributed by atoms with Gasteiger partial charge in [-0.25, -0.2) is 0 Å². The molecule has 0 unspecified atom stereocenters. The molecule has 0 aliphatic carbocycles. The van der Waals surface area contributed by atoms with Crippen LogP contribution in [0.5, 0.6) is 5.75 Å². The zero-order valence-electron chi connectivity index (χ0n) is 20.2. The molecule has 33 heavy (non-hydrogen) atoms. The van der Waals surface area contributed by atoms with Crippen LogP contribution in [0, 0.1) is 0 Å². The first kappa shape index (κ1) is 24.6. The SMILES string of the molecule is CCCCCCCCN1C(=O)C(c2ccc(OCCC)cc2)=C(N(C)c2ccccc2)C1=O. The van der Waals surface area contributed by atoms with Gasteiger partial charge >= 0.3 is 0 Å². The summed E-state index contributed by atoms with van der Waals surface area (Å²) in [6.07, 6.45) is 7.57. The lowest BCUT2D eigenvalue weighted by molar-refractivity contribution is -0.136. The van der Waals surface area contributed by atoms with Crippen LogP contribution < -0.4 is 9.64 Å². The van der Waals surface area contributed by atoms with E-state index in [1.807, 2.05) is 66.5 Å². The maximum absolute atomic E-state index is 13.5. The largest absolute Gasteiger partial charge is 0.494 e. The van der Waals surface area contributed by atoms with Gasteiger partial charge in [-0.2, -0.15) is 0 Å². The second kappa shape index (κ2) is 12.2. The number of nitrogens with zero attached hydrogens (tertiary/aromatic N) is 2. The first-order valence-corrected chi connectivity index (χ1v) is 12.2. The highest BCUT2D eigenvalue weighted by Gasteiger charge is 2.40. The van der Waals surface area contributed by atoms with Gasteiger partial charge in [-0.3, -0.25) is 14.5 Å². The number of likely N-dealkylation sites (N-methyl/N-ethyl adjacent to an activating group) is 1. The molecule has 0 atom stereocenters. The van der Waals surface area contributed by atoms with Crippen molar-refractivity contribution in [3.63, 3.8) is 0 Å². The highest BCUT2D eigenvalue weighted by atomic mass is 16.5. The molecule has 0 aromatic heterocycles. The molecule has 3 rings (SSSR count). The number of hydrogen-bond donors (Lipinski definition) is 0. The molecule has 0 saturated carbocycles. The number of rotatable bonds is 13. The zero-order valence-corrected chi connectivity index (χ0v) is 20.2. The Balaban J connectivity index is 1.86. The van der Waals surface area contributed by atoms with Crippen molar-refractivity contribution in [2.24, 2.45) is 0 Å². The molecule has 2 aromatic rings. The van der Waals surface area contributed by atoms with Crippen molar-refractivity contribution in [1.29, 1.82) is 0 Å². The lowest BCUT2D eigenvalue weighted by Gasteiger charge is -2.21. The summed E-state index contributed by atoms with van der Waals surface area (Å²) in [5.74, 6) is 0.328. The van der Waals surface area contributed by atoms with Crippen LogP contribution in [0.2, 0.25) is 0 Å². The van der Waals surface area contributed by atoms with Crippen molar-refractivity contribution < 1.29 is 14.3 Å². The monoisotopic (exact) mass is 448 g/mol. The summed E-state index contributed by atoms with van der Waals surface area (Å²) < 4.78 is 5.69. The molecule has 2 aromatic carbocycles. The van der Waals surface area contributed by atoms with Gasteiger partial charge in [0.1, 0.15) is 11.4 Å². The molecule has 0 saturated heterocycles. The van der Waals surface area contributed by atoms with Gasteiger partial charge in [-0.1, -0.05) is 76.3 Å². The Bertz CT molecular complexity index is 951. The van der Waals surface area contributed by atoms with Gasteiger partial charge in [-0.05, 0) is 42.7 Å². The normalized spacial score (nSPS) is 13.7. The van der Waals surface area contributed by atoms with Gasteiger partial charge in [0.25, 0.3) is 11.8 Å². The van der Waals surface area contributed by atoms with E-state index < -0.39 is 0 Å². The van der Waals surface area contributed by atoms with Crippen molar-refractivity contribution in [1.82, 2.24) is 4.90 Å². The molecule has 0 spiro atoms. The number of benzene rings is 2. The van der Waals surface area contributed by atoms with E-state index >= 15 is 0 Å². The number of anilines is 1. The van der Waals surface area contributed by atoms with E-state index in [9.17, 15) is 9.59 Å². The van der Waals surface area contributed by atoms with Crippen LogP contribution in [0.25, 0.3) is 5.57 Å². The van der Waals surface area contributed by atoms with Crippen molar-refractivity contribution in [2.75, 3.05) is 25.1 Å². The average Bonchev–Trinajstić information content (AvgIpc) is 3.10. The lowest BCUT2D eigenvalue weighted by Crippen LogP contribution is -2.35. The quantitative estimate of drug-likeness (QED) is 0.276. The average molecular weight is 449 g/mol. The maximum Gasteiger partial charge on any atom is 0.278 e. The van der Waals surface area contributed by atoms with Crippen LogP contribution in [0.1, 0.15) is 64.4 Å². The van der Waals surface area contributed by atoms with Crippen LogP contribution in [0.3, 0.4) is 0 Å². The first-order chi connectivity index (χ1) is 16.1. The summed E-state index contributed by atoms with van der Waals surface area (Å²) in [5.41, 5.74) is 2.50. The van der Waals surface area contributed by atoms with Gasteiger partial charge < -0.3 is 9.64 Å². The van der Waals surface area contributed by atoms with E-state index in [-0.39, 0.29) is 11.8 Å². The standard InChI is InChI=1S/C28H36N2O3/c1-4-6-7-8-9-13-20-30-27(31)25(22-16-18-24(19-17-22)33-21-5-2)26(28(30)32)29(3)23-14-11-10-12-15-23/h10-12,14-19H,4-9,13,20-21H2,1-3H3. The Morgan fingerprint density at radius 3 is 2.12 bits per heavy atom. The van der Waals surface area contributed by atoms with Crippen LogP contribution in [0.4, 0.5) is 5.69 Å². The fourth-order valence-corrected chi connectivity index (χ4v) is 4.11. The van der Waals surface area contributed by atoms with Gasteiger partial charge in [0, 0.05) is 19.3 Å².